The highest BCUT2D eigenvalue weighted by Crippen LogP contribution is 2.24. The molecule has 0 bridgehead atoms. The van der Waals surface area contributed by atoms with Crippen LogP contribution in [0.15, 0.2) is 55.0 Å². The van der Waals surface area contributed by atoms with Crippen LogP contribution in [-0.2, 0) is 30.8 Å². The van der Waals surface area contributed by atoms with Crippen LogP contribution in [-0.4, -0.2) is 53.1 Å². The molecule has 4 aromatic rings. The van der Waals surface area contributed by atoms with Gasteiger partial charge < -0.3 is 15.4 Å². The topological polar surface area (TPSA) is 142 Å². The van der Waals surface area contributed by atoms with Crippen molar-refractivity contribution in [2.24, 2.45) is 0 Å². The van der Waals surface area contributed by atoms with Crippen LogP contribution in [0.25, 0.3) is 0 Å². The highest BCUT2D eigenvalue weighted by molar-refractivity contribution is 5.92. The maximum Gasteiger partial charge on any atom is 0.573 e. The van der Waals surface area contributed by atoms with E-state index in [1.807, 2.05) is 6.07 Å². The first-order valence-corrected chi connectivity index (χ1v) is 12.0. The fourth-order valence-corrected chi connectivity index (χ4v) is 3.52. The number of carbonyl (C=O) groups excluding carboxylic acids is 2. The first kappa shape index (κ1) is 28.1. The van der Waals surface area contributed by atoms with Crippen LogP contribution in [0.2, 0.25) is 0 Å². The van der Waals surface area contributed by atoms with Gasteiger partial charge in [0.05, 0.1) is 31.1 Å². The Bertz CT molecular complexity index is 1440. The van der Waals surface area contributed by atoms with Crippen LogP contribution in [0.1, 0.15) is 34.6 Å². The fourth-order valence-electron chi connectivity index (χ4n) is 3.52. The van der Waals surface area contributed by atoms with E-state index in [-0.39, 0.29) is 29.5 Å². The minimum Gasteiger partial charge on any atom is -0.406 e. The predicted molar refractivity (Wildman–Crippen MR) is 130 cm³/mol. The minimum absolute atomic E-state index is 0.110. The molecule has 0 spiro atoms. The van der Waals surface area contributed by atoms with Crippen LogP contribution < -0.4 is 15.4 Å². The molecular weight excluding hydrogens is 538 g/mol. The first-order valence-electron chi connectivity index (χ1n) is 12.0. The number of nitrogens with one attached hydrogen (secondary N) is 2. The summed E-state index contributed by atoms with van der Waals surface area (Å²) in [5.74, 6) is -2.57. The van der Waals surface area contributed by atoms with Crippen LogP contribution in [0, 0.1) is 5.82 Å². The van der Waals surface area contributed by atoms with Gasteiger partial charge in [-0.25, -0.2) is 4.39 Å². The Labute approximate surface area is 224 Å². The molecular formula is C24H23F4N9O3. The third-order valence-electron chi connectivity index (χ3n) is 5.37. The number of hydrogen-bond acceptors (Lipinski definition) is 8. The number of aryl methyl sites for hydroxylation is 2. The first-order chi connectivity index (χ1) is 19.1. The quantitative estimate of drug-likeness (QED) is 0.199. The largest absolute Gasteiger partial charge is 0.573 e. The highest BCUT2D eigenvalue weighted by atomic mass is 19.4. The number of pyridine rings is 1. The smallest absolute Gasteiger partial charge is 0.406 e. The molecule has 0 aliphatic heterocycles. The van der Waals surface area contributed by atoms with Gasteiger partial charge in [-0.2, -0.15) is 0 Å². The van der Waals surface area contributed by atoms with Crippen molar-refractivity contribution in [1.29, 1.82) is 0 Å². The third kappa shape index (κ3) is 8.57. The van der Waals surface area contributed by atoms with Gasteiger partial charge in [0, 0.05) is 25.4 Å². The summed E-state index contributed by atoms with van der Waals surface area (Å²) in [4.78, 5) is 28.6. The van der Waals surface area contributed by atoms with Gasteiger partial charge >= 0.3 is 6.36 Å². The second kappa shape index (κ2) is 12.8. The number of aromatic nitrogens is 7. The number of amides is 2. The molecule has 2 amide bonds. The van der Waals surface area contributed by atoms with Gasteiger partial charge in [0.25, 0.3) is 5.91 Å². The van der Waals surface area contributed by atoms with Crippen molar-refractivity contribution in [2.45, 2.75) is 45.3 Å². The summed E-state index contributed by atoms with van der Waals surface area (Å²) in [6, 6.07) is 7.94. The zero-order valence-corrected chi connectivity index (χ0v) is 20.8. The van der Waals surface area contributed by atoms with E-state index in [1.54, 1.807) is 29.2 Å². The Balaban J connectivity index is 1.17. The Hall–Kier alpha value is -4.89. The van der Waals surface area contributed by atoms with Gasteiger partial charge in [0.2, 0.25) is 5.91 Å². The normalized spacial score (nSPS) is 11.3. The lowest BCUT2D eigenvalue weighted by Gasteiger charge is -2.10. The second-order valence-corrected chi connectivity index (χ2v) is 8.47. The molecule has 210 valence electrons. The van der Waals surface area contributed by atoms with Crippen LogP contribution in [0.5, 0.6) is 5.75 Å². The minimum atomic E-state index is -4.95. The molecule has 3 aromatic heterocycles. The molecule has 40 heavy (non-hydrogen) atoms. The summed E-state index contributed by atoms with van der Waals surface area (Å²) < 4.78 is 57.6. The second-order valence-electron chi connectivity index (χ2n) is 8.47. The van der Waals surface area contributed by atoms with Crippen molar-refractivity contribution in [3.05, 3.63) is 77.8 Å². The molecule has 1 aromatic carbocycles. The molecule has 0 unspecified atom stereocenters. The molecule has 0 aliphatic carbocycles. The van der Waals surface area contributed by atoms with Crippen LogP contribution >= 0.6 is 0 Å². The van der Waals surface area contributed by atoms with Crippen molar-refractivity contribution in [3.8, 4) is 5.75 Å². The number of anilines is 1. The van der Waals surface area contributed by atoms with Crippen molar-refractivity contribution in [3.63, 3.8) is 0 Å². The van der Waals surface area contributed by atoms with Gasteiger partial charge in [0.1, 0.15) is 11.6 Å². The van der Waals surface area contributed by atoms with E-state index in [4.69, 9.17) is 0 Å². The maximum absolute atomic E-state index is 14.1. The number of benzene rings is 1. The number of nitrogens with zero attached hydrogens (tertiary/aromatic N) is 7. The molecule has 0 saturated carbocycles. The summed E-state index contributed by atoms with van der Waals surface area (Å²) in [5, 5.41) is 20.8. The molecule has 4 rings (SSSR count). The third-order valence-corrected chi connectivity index (χ3v) is 5.37. The number of hydrogen-bond donors (Lipinski definition) is 2. The lowest BCUT2D eigenvalue weighted by atomic mass is 10.1. The van der Waals surface area contributed by atoms with Gasteiger partial charge in [0.15, 0.2) is 11.5 Å². The zero-order valence-electron chi connectivity index (χ0n) is 20.8. The Kier molecular flexibility index (Phi) is 8.98. The molecule has 16 heteroatoms. The number of unbranched alkanes of at least 4 members (excludes halogenated alkanes) is 1. The van der Waals surface area contributed by atoms with E-state index in [0.29, 0.717) is 32.0 Å². The average Bonchev–Trinajstić information content (AvgIpc) is 3.56. The molecule has 0 radical (unpaired) electrons. The van der Waals surface area contributed by atoms with Crippen LogP contribution in [0.3, 0.4) is 0 Å². The summed E-state index contributed by atoms with van der Waals surface area (Å²) in [6.07, 6.45) is 0.679. The fraction of sp³-hybridized carbons (Fsp3) is 0.292. The lowest BCUT2D eigenvalue weighted by Crippen LogP contribution is -2.23. The number of carbonyl (C=O) groups is 2. The molecule has 0 fully saturated rings. The number of rotatable bonds is 12. The van der Waals surface area contributed by atoms with E-state index in [2.05, 4.69) is 41.0 Å². The van der Waals surface area contributed by atoms with E-state index in [1.165, 1.54) is 10.9 Å². The van der Waals surface area contributed by atoms with E-state index >= 15 is 0 Å². The average molecular weight is 562 g/mol. The Morgan fingerprint density at radius 2 is 1.73 bits per heavy atom. The van der Waals surface area contributed by atoms with E-state index in [0.717, 1.165) is 17.8 Å². The summed E-state index contributed by atoms with van der Waals surface area (Å²) in [5.41, 5.74) is 0.806. The maximum atomic E-state index is 14.1. The number of halogens is 4. The van der Waals surface area contributed by atoms with Crippen LogP contribution in [0.4, 0.5) is 23.4 Å². The SMILES string of the molecule is O=C(Cc1ccc(OC(F)(F)F)cc1F)Nc1cn(CCCCn2cc(C(=O)NCc3ccccn3)nn2)nn1. The highest BCUT2D eigenvalue weighted by Gasteiger charge is 2.31. The molecule has 0 atom stereocenters. The molecule has 3 heterocycles. The van der Waals surface area contributed by atoms with Crippen molar-refractivity contribution in [2.75, 3.05) is 5.32 Å². The van der Waals surface area contributed by atoms with E-state index < -0.39 is 30.3 Å². The van der Waals surface area contributed by atoms with Crippen molar-refractivity contribution >= 4 is 17.6 Å². The summed E-state index contributed by atoms with van der Waals surface area (Å²) in [7, 11) is 0. The van der Waals surface area contributed by atoms with Gasteiger partial charge in [-0.3, -0.25) is 23.9 Å². The van der Waals surface area contributed by atoms with Gasteiger partial charge in [-0.15, -0.1) is 23.4 Å². The number of ether oxygens (including phenoxy) is 1. The number of alkyl halides is 3. The molecule has 0 saturated heterocycles. The monoisotopic (exact) mass is 561 g/mol. The van der Waals surface area contributed by atoms with Crippen molar-refractivity contribution < 1.29 is 31.9 Å². The van der Waals surface area contributed by atoms with E-state index in [9.17, 15) is 27.2 Å². The van der Waals surface area contributed by atoms with Gasteiger partial charge in [-0.05, 0) is 36.6 Å². The van der Waals surface area contributed by atoms with Crippen molar-refractivity contribution in [1.82, 2.24) is 40.3 Å². The summed E-state index contributed by atoms with van der Waals surface area (Å²) in [6.45, 7) is 1.26. The predicted octanol–water partition coefficient (Wildman–Crippen LogP) is 2.89. The van der Waals surface area contributed by atoms with Gasteiger partial charge in [-0.1, -0.05) is 22.6 Å². The molecule has 0 aliphatic rings. The Morgan fingerprint density at radius 3 is 2.42 bits per heavy atom. The Morgan fingerprint density at radius 1 is 0.975 bits per heavy atom. The zero-order chi connectivity index (χ0) is 28.5. The molecule has 2 N–H and O–H groups in total. The standard InChI is InChI=1S/C24H23F4N9O3/c25-19-12-18(40-24(26,27)28)7-6-16(19)11-22(38)31-21-15-37(35-33-21)10-4-3-9-36-14-20(32-34-36)23(39)30-13-17-5-1-2-8-29-17/h1-2,5-8,12,14-15H,3-4,9-11,13H2,(H,30,39)(H,31,38). The summed E-state index contributed by atoms with van der Waals surface area (Å²) >= 11 is 0. The lowest BCUT2D eigenvalue weighted by molar-refractivity contribution is -0.274. The molecule has 12 nitrogen and oxygen atoms in total.